The van der Waals surface area contributed by atoms with Gasteiger partial charge < -0.3 is 19.8 Å². The maximum Gasteiger partial charge on any atom is 0.296 e. The molecule has 0 aliphatic carbocycles. The molecule has 0 bridgehead atoms. The van der Waals surface area contributed by atoms with Crippen molar-refractivity contribution >= 4 is 39.2 Å². The second-order valence-electron chi connectivity index (χ2n) is 7.76. The number of ketones is 1. The van der Waals surface area contributed by atoms with Crippen molar-refractivity contribution in [2.45, 2.75) is 27.3 Å². The summed E-state index contributed by atoms with van der Waals surface area (Å²) in [5.74, 6) is -1.17. The lowest BCUT2D eigenvalue weighted by molar-refractivity contribution is -0.112. The van der Waals surface area contributed by atoms with Gasteiger partial charge in [-0.1, -0.05) is 32.0 Å². The third-order valence-corrected chi connectivity index (χ3v) is 5.91. The van der Waals surface area contributed by atoms with E-state index in [9.17, 15) is 9.59 Å². The Morgan fingerprint density at radius 2 is 1.84 bits per heavy atom. The number of anilines is 1. The summed E-state index contributed by atoms with van der Waals surface area (Å²) < 4.78 is 2.22. The molecule has 0 radical (unpaired) electrons. The number of nitrogens with one attached hydrogen (secondary N) is 2. The SMILES string of the molecule is CCN(CC)CCn1ccc2cc(NC(=O)C(=O)c3c(C)[nH]c4ccccc34)ccc21. The number of Topliss-reactive ketones (excluding diaryl/α,β-unsaturated/α-hetero) is 1. The second kappa shape index (κ2) is 8.78. The molecule has 0 saturated heterocycles. The van der Waals surface area contributed by atoms with Crippen LogP contribution in [-0.2, 0) is 11.3 Å². The van der Waals surface area contributed by atoms with Gasteiger partial charge in [-0.2, -0.15) is 0 Å². The van der Waals surface area contributed by atoms with Crippen molar-refractivity contribution in [3.63, 3.8) is 0 Å². The summed E-state index contributed by atoms with van der Waals surface area (Å²) in [6.07, 6.45) is 2.07. The number of carbonyl (C=O) groups is 2. The molecule has 0 fully saturated rings. The van der Waals surface area contributed by atoms with Crippen LogP contribution in [0, 0.1) is 6.92 Å². The standard InChI is InChI=1S/C25H28N4O2/c1-4-28(5-2)14-15-29-13-12-18-16-19(10-11-22(18)29)27-25(31)24(30)23-17(3)26-21-9-7-6-8-20(21)23/h6-13,16,26H,4-5,14-15H2,1-3H3,(H,27,31). The molecule has 31 heavy (non-hydrogen) atoms. The Labute approximate surface area is 181 Å². The highest BCUT2D eigenvalue weighted by Crippen LogP contribution is 2.24. The van der Waals surface area contributed by atoms with Crippen molar-refractivity contribution in [1.82, 2.24) is 14.5 Å². The van der Waals surface area contributed by atoms with Gasteiger partial charge in [-0.3, -0.25) is 9.59 Å². The molecule has 4 rings (SSSR count). The third-order valence-electron chi connectivity index (χ3n) is 5.91. The van der Waals surface area contributed by atoms with E-state index in [-0.39, 0.29) is 0 Å². The van der Waals surface area contributed by atoms with Crippen LogP contribution in [0.2, 0.25) is 0 Å². The van der Waals surface area contributed by atoms with Gasteiger partial charge in [0.2, 0.25) is 0 Å². The van der Waals surface area contributed by atoms with Crippen LogP contribution in [0.1, 0.15) is 29.9 Å². The summed E-state index contributed by atoms with van der Waals surface area (Å²) in [7, 11) is 0. The molecule has 2 N–H and O–H groups in total. The first-order valence-electron chi connectivity index (χ1n) is 10.8. The fraction of sp³-hybridized carbons (Fsp3) is 0.280. The Balaban J connectivity index is 1.51. The number of likely N-dealkylation sites (N-methyl/N-ethyl adjacent to an activating group) is 1. The lowest BCUT2D eigenvalue weighted by atomic mass is 10.1. The first-order valence-corrected chi connectivity index (χ1v) is 10.8. The van der Waals surface area contributed by atoms with Crippen LogP contribution in [0.4, 0.5) is 5.69 Å². The van der Waals surface area contributed by atoms with E-state index >= 15 is 0 Å². The van der Waals surface area contributed by atoms with E-state index in [1.165, 1.54) is 0 Å². The highest BCUT2D eigenvalue weighted by molar-refractivity contribution is 6.48. The van der Waals surface area contributed by atoms with Gasteiger partial charge >= 0.3 is 0 Å². The summed E-state index contributed by atoms with van der Waals surface area (Å²) in [6.45, 7) is 10.1. The Morgan fingerprint density at radius 3 is 2.61 bits per heavy atom. The number of aromatic amines is 1. The van der Waals surface area contributed by atoms with Crippen molar-refractivity contribution < 1.29 is 9.59 Å². The van der Waals surface area contributed by atoms with E-state index in [1.807, 2.05) is 55.5 Å². The number of para-hydroxylation sites is 1. The van der Waals surface area contributed by atoms with E-state index in [4.69, 9.17) is 0 Å². The summed E-state index contributed by atoms with van der Waals surface area (Å²) in [5.41, 5.74) is 3.70. The summed E-state index contributed by atoms with van der Waals surface area (Å²) in [4.78, 5) is 31.1. The number of aryl methyl sites for hydroxylation is 1. The molecule has 6 nitrogen and oxygen atoms in total. The number of hydrogen-bond acceptors (Lipinski definition) is 3. The quantitative estimate of drug-likeness (QED) is 0.326. The zero-order chi connectivity index (χ0) is 22.0. The Hall–Kier alpha value is -3.38. The van der Waals surface area contributed by atoms with Crippen LogP contribution in [-0.4, -0.2) is 45.8 Å². The minimum atomic E-state index is -0.631. The predicted octanol–water partition coefficient (Wildman–Crippen LogP) is 4.59. The maximum atomic E-state index is 12.9. The monoisotopic (exact) mass is 416 g/mol. The lowest BCUT2D eigenvalue weighted by Crippen LogP contribution is -2.26. The molecule has 0 atom stereocenters. The van der Waals surface area contributed by atoms with Crippen LogP contribution in [0.25, 0.3) is 21.8 Å². The van der Waals surface area contributed by atoms with Crippen LogP contribution in [0.15, 0.2) is 54.7 Å². The predicted molar refractivity (Wildman–Crippen MR) is 126 cm³/mol. The number of nitrogens with zero attached hydrogens (tertiary/aromatic N) is 2. The zero-order valence-corrected chi connectivity index (χ0v) is 18.2. The van der Waals surface area contributed by atoms with Gasteiger partial charge in [-0.15, -0.1) is 0 Å². The molecular weight excluding hydrogens is 388 g/mol. The summed E-state index contributed by atoms with van der Waals surface area (Å²) in [6, 6.07) is 15.3. The molecule has 0 saturated carbocycles. The van der Waals surface area contributed by atoms with Crippen LogP contribution < -0.4 is 5.32 Å². The molecule has 2 aromatic heterocycles. The Bertz CT molecular complexity index is 1250. The minimum absolute atomic E-state index is 0.428. The fourth-order valence-electron chi connectivity index (χ4n) is 4.13. The number of amides is 1. The van der Waals surface area contributed by atoms with Gasteiger partial charge in [-0.05, 0) is 50.3 Å². The van der Waals surface area contributed by atoms with Gasteiger partial charge in [0.1, 0.15) is 0 Å². The Kier molecular flexibility index (Phi) is 5.91. The van der Waals surface area contributed by atoms with Gasteiger partial charge in [0.15, 0.2) is 0 Å². The third kappa shape index (κ3) is 4.11. The molecule has 0 aliphatic heterocycles. The lowest BCUT2D eigenvalue weighted by Gasteiger charge is -2.18. The largest absolute Gasteiger partial charge is 0.358 e. The number of carbonyl (C=O) groups excluding carboxylic acids is 2. The van der Waals surface area contributed by atoms with Gasteiger partial charge in [-0.25, -0.2) is 0 Å². The molecule has 2 aromatic carbocycles. The molecule has 1 amide bonds. The fourth-order valence-corrected chi connectivity index (χ4v) is 4.13. The van der Waals surface area contributed by atoms with Crippen molar-refractivity contribution in [2.75, 3.05) is 25.0 Å². The number of benzene rings is 2. The topological polar surface area (TPSA) is 70.1 Å². The average Bonchev–Trinajstić information content (AvgIpc) is 3.33. The normalized spacial score (nSPS) is 11.5. The molecule has 0 aliphatic rings. The van der Waals surface area contributed by atoms with Crippen molar-refractivity contribution in [3.05, 3.63) is 66.0 Å². The zero-order valence-electron chi connectivity index (χ0n) is 18.2. The minimum Gasteiger partial charge on any atom is -0.358 e. The van der Waals surface area contributed by atoms with E-state index in [0.717, 1.165) is 48.0 Å². The highest BCUT2D eigenvalue weighted by atomic mass is 16.2. The molecule has 0 spiro atoms. The second-order valence-corrected chi connectivity index (χ2v) is 7.76. The summed E-state index contributed by atoms with van der Waals surface area (Å²) >= 11 is 0. The van der Waals surface area contributed by atoms with Gasteiger partial charge in [0.25, 0.3) is 11.7 Å². The number of hydrogen-bond donors (Lipinski definition) is 2. The molecule has 0 unspecified atom stereocenters. The molecule has 2 heterocycles. The number of aromatic nitrogens is 2. The van der Waals surface area contributed by atoms with Crippen LogP contribution in [0.3, 0.4) is 0 Å². The van der Waals surface area contributed by atoms with E-state index in [0.29, 0.717) is 16.9 Å². The number of rotatable bonds is 8. The summed E-state index contributed by atoms with van der Waals surface area (Å²) in [5, 5.41) is 4.57. The maximum absolute atomic E-state index is 12.9. The van der Waals surface area contributed by atoms with Crippen LogP contribution >= 0.6 is 0 Å². The molecular formula is C25H28N4O2. The first kappa shape index (κ1) is 20.9. The number of H-pyrrole nitrogens is 1. The molecule has 160 valence electrons. The van der Waals surface area contributed by atoms with E-state index in [2.05, 4.69) is 39.8 Å². The average molecular weight is 417 g/mol. The highest BCUT2D eigenvalue weighted by Gasteiger charge is 2.22. The molecule has 6 heteroatoms. The molecule has 4 aromatic rings. The van der Waals surface area contributed by atoms with Gasteiger partial charge in [0, 0.05) is 52.5 Å². The van der Waals surface area contributed by atoms with Crippen molar-refractivity contribution in [1.29, 1.82) is 0 Å². The van der Waals surface area contributed by atoms with Crippen molar-refractivity contribution in [2.24, 2.45) is 0 Å². The smallest absolute Gasteiger partial charge is 0.296 e. The van der Waals surface area contributed by atoms with Crippen molar-refractivity contribution in [3.8, 4) is 0 Å². The number of fused-ring (bicyclic) bond motifs is 2. The van der Waals surface area contributed by atoms with E-state index in [1.54, 1.807) is 0 Å². The Morgan fingerprint density at radius 1 is 1.06 bits per heavy atom. The van der Waals surface area contributed by atoms with Crippen LogP contribution in [0.5, 0.6) is 0 Å². The van der Waals surface area contributed by atoms with E-state index < -0.39 is 11.7 Å². The first-order chi connectivity index (χ1) is 15.0. The van der Waals surface area contributed by atoms with Gasteiger partial charge in [0.05, 0.1) is 5.56 Å².